The summed E-state index contributed by atoms with van der Waals surface area (Å²) in [6, 6.07) is 16.2. The van der Waals surface area contributed by atoms with Crippen molar-refractivity contribution in [1.82, 2.24) is 14.8 Å². The van der Waals surface area contributed by atoms with E-state index < -0.39 is 0 Å². The zero-order valence-electron chi connectivity index (χ0n) is 16.0. The van der Waals surface area contributed by atoms with Crippen LogP contribution in [0.2, 0.25) is 5.02 Å². The predicted octanol–water partition coefficient (Wildman–Crippen LogP) is 4.79. The smallest absolute Gasteiger partial charge is 0.125 e. The van der Waals surface area contributed by atoms with Crippen molar-refractivity contribution in [1.29, 1.82) is 0 Å². The van der Waals surface area contributed by atoms with Crippen LogP contribution in [0, 0.1) is 0 Å². The molecule has 3 aromatic rings. The van der Waals surface area contributed by atoms with Crippen LogP contribution >= 0.6 is 22.9 Å². The molecule has 6 heteroatoms. The molecule has 1 fully saturated rings. The van der Waals surface area contributed by atoms with E-state index in [1.54, 1.807) is 18.4 Å². The first kappa shape index (κ1) is 19.4. The highest BCUT2D eigenvalue weighted by atomic mass is 35.5. The van der Waals surface area contributed by atoms with Gasteiger partial charge in [0.1, 0.15) is 10.8 Å². The predicted molar refractivity (Wildman–Crippen MR) is 116 cm³/mol. The van der Waals surface area contributed by atoms with Crippen LogP contribution in [-0.4, -0.2) is 48.1 Å². The Kier molecular flexibility index (Phi) is 6.27. The van der Waals surface area contributed by atoms with Crippen molar-refractivity contribution in [2.45, 2.75) is 13.1 Å². The van der Waals surface area contributed by atoms with Gasteiger partial charge in [-0.15, -0.1) is 11.3 Å². The van der Waals surface area contributed by atoms with Crippen molar-refractivity contribution in [3.8, 4) is 16.3 Å². The number of thiazole rings is 1. The van der Waals surface area contributed by atoms with Gasteiger partial charge in [0.15, 0.2) is 0 Å². The number of hydrogen-bond donors (Lipinski definition) is 0. The molecule has 2 aromatic carbocycles. The van der Waals surface area contributed by atoms with E-state index in [2.05, 4.69) is 33.4 Å². The first-order valence-electron chi connectivity index (χ1n) is 9.48. The Morgan fingerprint density at radius 1 is 1.00 bits per heavy atom. The molecule has 1 saturated heterocycles. The Labute approximate surface area is 175 Å². The molecule has 0 radical (unpaired) electrons. The van der Waals surface area contributed by atoms with Crippen molar-refractivity contribution >= 4 is 22.9 Å². The molecule has 146 valence electrons. The van der Waals surface area contributed by atoms with Gasteiger partial charge in [-0.25, -0.2) is 4.98 Å². The molecule has 0 amide bonds. The van der Waals surface area contributed by atoms with Gasteiger partial charge in [-0.2, -0.15) is 0 Å². The van der Waals surface area contributed by atoms with Gasteiger partial charge >= 0.3 is 0 Å². The molecule has 0 saturated carbocycles. The number of ether oxygens (including phenoxy) is 1. The van der Waals surface area contributed by atoms with Crippen LogP contribution in [0.5, 0.6) is 5.75 Å². The standard InChI is InChI=1S/C22H24ClN3OS/c1-27-19-6-4-5-17(13-19)14-25-9-11-26(12-10-25)15-18-16-28-22(24-18)20-7-2-3-8-21(20)23/h2-8,13,16H,9-12,14-15H2,1H3. The highest BCUT2D eigenvalue weighted by Gasteiger charge is 2.18. The van der Waals surface area contributed by atoms with Crippen LogP contribution in [0.1, 0.15) is 11.3 Å². The fourth-order valence-corrected chi connectivity index (χ4v) is 4.63. The van der Waals surface area contributed by atoms with E-state index in [0.29, 0.717) is 0 Å². The Morgan fingerprint density at radius 3 is 2.50 bits per heavy atom. The summed E-state index contributed by atoms with van der Waals surface area (Å²) in [7, 11) is 1.72. The van der Waals surface area contributed by atoms with E-state index in [-0.39, 0.29) is 0 Å². The van der Waals surface area contributed by atoms with Crippen LogP contribution < -0.4 is 4.74 Å². The highest BCUT2D eigenvalue weighted by Crippen LogP contribution is 2.30. The second-order valence-electron chi connectivity index (χ2n) is 7.03. The third-order valence-electron chi connectivity index (χ3n) is 5.05. The molecule has 4 nitrogen and oxygen atoms in total. The first-order chi connectivity index (χ1) is 13.7. The Hall–Kier alpha value is -1.92. The van der Waals surface area contributed by atoms with Crippen LogP contribution in [-0.2, 0) is 13.1 Å². The quantitative estimate of drug-likeness (QED) is 0.581. The Morgan fingerprint density at radius 2 is 1.75 bits per heavy atom. The van der Waals surface area contributed by atoms with Gasteiger partial charge in [0.25, 0.3) is 0 Å². The summed E-state index contributed by atoms with van der Waals surface area (Å²) in [5, 5.41) is 3.91. The second kappa shape index (κ2) is 9.05. The van der Waals surface area contributed by atoms with Crippen molar-refractivity contribution < 1.29 is 4.74 Å². The molecule has 1 aliphatic heterocycles. The lowest BCUT2D eigenvalue weighted by Gasteiger charge is -2.34. The average molecular weight is 414 g/mol. The molecule has 0 atom stereocenters. The van der Waals surface area contributed by atoms with E-state index >= 15 is 0 Å². The number of methoxy groups -OCH3 is 1. The topological polar surface area (TPSA) is 28.6 Å². The fourth-order valence-electron chi connectivity index (χ4n) is 3.50. The van der Waals surface area contributed by atoms with Crippen molar-refractivity contribution in [3.63, 3.8) is 0 Å². The normalized spacial score (nSPS) is 15.6. The Bertz CT molecular complexity index is 921. The molecular formula is C22H24ClN3OS. The monoisotopic (exact) mass is 413 g/mol. The van der Waals surface area contributed by atoms with Crippen molar-refractivity contribution in [2.75, 3.05) is 33.3 Å². The molecule has 28 heavy (non-hydrogen) atoms. The number of benzene rings is 2. The van der Waals surface area contributed by atoms with Gasteiger partial charge in [0, 0.05) is 50.2 Å². The van der Waals surface area contributed by atoms with Crippen molar-refractivity contribution in [3.05, 3.63) is 70.2 Å². The number of rotatable bonds is 6. The highest BCUT2D eigenvalue weighted by molar-refractivity contribution is 7.13. The third-order valence-corrected chi connectivity index (χ3v) is 6.30. The molecule has 0 N–H and O–H groups in total. The van der Waals surface area contributed by atoms with Gasteiger partial charge < -0.3 is 4.74 Å². The van der Waals surface area contributed by atoms with E-state index in [0.717, 1.165) is 66.3 Å². The fraction of sp³-hybridized carbons (Fsp3) is 0.318. The summed E-state index contributed by atoms with van der Waals surface area (Å²) < 4.78 is 5.33. The van der Waals surface area contributed by atoms with Gasteiger partial charge in [-0.05, 0) is 23.8 Å². The summed E-state index contributed by atoms with van der Waals surface area (Å²) in [5.41, 5.74) is 3.45. The van der Waals surface area contributed by atoms with Crippen molar-refractivity contribution in [2.24, 2.45) is 0 Å². The van der Waals surface area contributed by atoms with Crippen LogP contribution in [0.4, 0.5) is 0 Å². The van der Waals surface area contributed by atoms with Gasteiger partial charge in [0.05, 0.1) is 17.8 Å². The lowest BCUT2D eigenvalue weighted by Crippen LogP contribution is -2.45. The molecule has 1 aliphatic rings. The molecule has 2 heterocycles. The number of piperazine rings is 1. The maximum absolute atomic E-state index is 6.30. The average Bonchev–Trinajstić information content (AvgIpc) is 3.18. The molecular weight excluding hydrogens is 390 g/mol. The lowest BCUT2D eigenvalue weighted by molar-refractivity contribution is 0.121. The Balaban J connectivity index is 1.31. The molecule has 0 aliphatic carbocycles. The maximum atomic E-state index is 6.30. The number of aromatic nitrogens is 1. The minimum atomic E-state index is 0.759. The van der Waals surface area contributed by atoms with E-state index in [1.165, 1.54) is 5.56 Å². The lowest BCUT2D eigenvalue weighted by atomic mass is 10.2. The summed E-state index contributed by atoms with van der Waals surface area (Å²) in [5.74, 6) is 0.925. The zero-order chi connectivity index (χ0) is 19.3. The molecule has 0 bridgehead atoms. The van der Waals surface area contributed by atoms with Gasteiger partial charge in [0.2, 0.25) is 0 Å². The number of nitrogens with zero attached hydrogens (tertiary/aromatic N) is 3. The summed E-state index contributed by atoms with van der Waals surface area (Å²) in [6.45, 7) is 6.12. The zero-order valence-corrected chi connectivity index (χ0v) is 17.5. The van der Waals surface area contributed by atoms with E-state index in [1.807, 2.05) is 30.3 Å². The third kappa shape index (κ3) is 4.73. The summed E-state index contributed by atoms with van der Waals surface area (Å²) >= 11 is 7.97. The van der Waals surface area contributed by atoms with Gasteiger partial charge in [-0.1, -0.05) is 41.9 Å². The molecule has 0 spiro atoms. The number of hydrogen-bond acceptors (Lipinski definition) is 5. The minimum Gasteiger partial charge on any atom is -0.497 e. The SMILES string of the molecule is COc1cccc(CN2CCN(Cc3csc(-c4ccccc4Cl)n3)CC2)c1. The summed E-state index contributed by atoms with van der Waals surface area (Å²) in [4.78, 5) is 9.79. The molecule has 1 aromatic heterocycles. The van der Waals surface area contributed by atoms with E-state index in [9.17, 15) is 0 Å². The van der Waals surface area contributed by atoms with Crippen LogP contribution in [0.15, 0.2) is 53.9 Å². The van der Waals surface area contributed by atoms with E-state index in [4.69, 9.17) is 21.3 Å². The summed E-state index contributed by atoms with van der Waals surface area (Å²) in [6.07, 6.45) is 0. The first-order valence-corrected chi connectivity index (χ1v) is 10.7. The molecule has 4 rings (SSSR count). The van der Waals surface area contributed by atoms with Crippen LogP contribution in [0.3, 0.4) is 0 Å². The van der Waals surface area contributed by atoms with Gasteiger partial charge in [-0.3, -0.25) is 9.80 Å². The molecule has 0 unspecified atom stereocenters. The minimum absolute atomic E-state index is 0.759. The van der Waals surface area contributed by atoms with Crippen LogP contribution in [0.25, 0.3) is 10.6 Å². The largest absolute Gasteiger partial charge is 0.497 e. The maximum Gasteiger partial charge on any atom is 0.125 e. The second-order valence-corrected chi connectivity index (χ2v) is 8.29. The number of halogens is 1.